The minimum Gasteiger partial charge on any atom is -0.477 e. The summed E-state index contributed by atoms with van der Waals surface area (Å²) in [5.74, 6) is -5.03. The van der Waals surface area contributed by atoms with Crippen molar-refractivity contribution in [2.24, 2.45) is 0 Å². The highest BCUT2D eigenvalue weighted by Gasteiger charge is 2.26. The van der Waals surface area contributed by atoms with Crippen molar-refractivity contribution in [2.75, 3.05) is 37.6 Å². The fourth-order valence-corrected chi connectivity index (χ4v) is 4.79. The van der Waals surface area contributed by atoms with Gasteiger partial charge in [-0.2, -0.15) is 0 Å². The number of carbonyl (C=O) groups excluding carboxylic acids is 4. The Bertz CT molecular complexity index is 1690. The molecule has 43 heavy (non-hydrogen) atoms. The molecule has 226 valence electrons. The smallest absolute Gasteiger partial charge is 0.341 e. The number of nitrogens with one attached hydrogen (secondary N) is 1. The molecule has 3 aromatic rings. The van der Waals surface area contributed by atoms with Crippen molar-refractivity contribution in [3.63, 3.8) is 0 Å². The van der Waals surface area contributed by atoms with Gasteiger partial charge in [0, 0.05) is 58.2 Å². The molecule has 1 saturated heterocycles. The molecule has 1 aliphatic rings. The molecule has 0 radical (unpaired) electrons. The summed E-state index contributed by atoms with van der Waals surface area (Å²) in [6, 6.07) is 6.68. The lowest BCUT2D eigenvalue weighted by Crippen LogP contribution is -2.51. The summed E-state index contributed by atoms with van der Waals surface area (Å²) < 4.78 is 26.9. The van der Waals surface area contributed by atoms with Crippen LogP contribution in [0, 0.1) is 5.82 Å². The van der Waals surface area contributed by atoms with E-state index in [9.17, 15) is 33.9 Å². The van der Waals surface area contributed by atoms with E-state index in [1.54, 1.807) is 16.4 Å². The molecular formula is C29H29FN4O9. The number of esters is 2. The molecule has 4 rings (SSSR count). The molecule has 0 atom stereocenters. The van der Waals surface area contributed by atoms with Crippen LogP contribution in [0.3, 0.4) is 0 Å². The van der Waals surface area contributed by atoms with Crippen LogP contribution < -0.4 is 25.1 Å². The number of pyridine rings is 1. The van der Waals surface area contributed by atoms with E-state index in [2.05, 4.69) is 5.32 Å². The van der Waals surface area contributed by atoms with E-state index in [1.807, 2.05) is 0 Å². The van der Waals surface area contributed by atoms with Gasteiger partial charge in [0.1, 0.15) is 11.4 Å². The van der Waals surface area contributed by atoms with Gasteiger partial charge in [0.25, 0.3) is 5.91 Å². The van der Waals surface area contributed by atoms with Gasteiger partial charge in [0.2, 0.25) is 11.3 Å². The highest BCUT2D eigenvalue weighted by Crippen LogP contribution is 2.32. The summed E-state index contributed by atoms with van der Waals surface area (Å²) >= 11 is 0. The minimum atomic E-state index is -1.39. The van der Waals surface area contributed by atoms with Gasteiger partial charge in [0.05, 0.1) is 23.3 Å². The van der Waals surface area contributed by atoms with E-state index < -0.39 is 46.5 Å². The molecule has 0 saturated carbocycles. The first-order chi connectivity index (χ1) is 20.4. The number of nitrogens with zero attached hydrogens (tertiary/aromatic N) is 3. The Balaban J connectivity index is 1.44. The van der Waals surface area contributed by atoms with Gasteiger partial charge in [0.15, 0.2) is 11.5 Å². The van der Waals surface area contributed by atoms with E-state index in [0.29, 0.717) is 12.1 Å². The number of amides is 2. The first-order valence-corrected chi connectivity index (χ1v) is 13.3. The van der Waals surface area contributed by atoms with Gasteiger partial charge < -0.3 is 34.3 Å². The van der Waals surface area contributed by atoms with Crippen molar-refractivity contribution in [1.29, 1.82) is 0 Å². The first kappa shape index (κ1) is 30.7. The number of aromatic carboxylic acids is 1. The molecule has 2 N–H and O–H groups in total. The molecule has 0 spiro atoms. The number of piperazine rings is 1. The van der Waals surface area contributed by atoms with Gasteiger partial charge in [-0.25, -0.2) is 9.18 Å². The molecule has 1 aliphatic heterocycles. The second-order valence-corrected chi connectivity index (χ2v) is 9.65. The number of anilines is 1. The maximum absolute atomic E-state index is 15.2. The Morgan fingerprint density at radius 2 is 1.65 bits per heavy atom. The molecule has 2 heterocycles. The lowest BCUT2D eigenvalue weighted by molar-refractivity contribution is -0.134. The van der Waals surface area contributed by atoms with E-state index in [1.165, 1.54) is 35.4 Å². The average Bonchev–Trinajstić information content (AvgIpc) is 2.96. The van der Waals surface area contributed by atoms with Crippen molar-refractivity contribution in [1.82, 2.24) is 14.8 Å². The van der Waals surface area contributed by atoms with Crippen LogP contribution in [0.15, 0.2) is 41.3 Å². The minimum absolute atomic E-state index is 0.0391. The third-order valence-corrected chi connectivity index (χ3v) is 6.82. The Labute approximate surface area is 244 Å². The largest absolute Gasteiger partial charge is 0.477 e. The number of carboxylic acid groups (broad SMARTS) is 1. The summed E-state index contributed by atoms with van der Waals surface area (Å²) in [5, 5.41) is 11.8. The van der Waals surface area contributed by atoms with E-state index >= 15 is 4.39 Å². The zero-order chi connectivity index (χ0) is 31.4. The zero-order valence-corrected chi connectivity index (χ0v) is 23.6. The predicted molar refractivity (Wildman–Crippen MR) is 151 cm³/mol. The number of benzene rings is 2. The molecular weight excluding hydrogens is 567 g/mol. The summed E-state index contributed by atoms with van der Waals surface area (Å²) in [4.78, 5) is 76.1. The van der Waals surface area contributed by atoms with Crippen LogP contribution in [-0.4, -0.2) is 77.0 Å². The van der Waals surface area contributed by atoms with Gasteiger partial charge in [-0.3, -0.25) is 24.0 Å². The van der Waals surface area contributed by atoms with E-state index in [-0.39, 0.29) is 60.9 Å². The monoisotopic (exact) mass is 596 g/mol. The maximum Gasteiger partial charge on any atom is 0.341 e. The Hall–Kier alpha value is -5.27. The molecule has 13 nitrogen and oxygen atoms in total. The molecule has 2 aromatic carbocycles. The predicted octanol–water partition coefficient (Wildman–Crippen LogP) is 1.79. The summed E-state index contributed by atoms with van der Waals surface area (Å²) in [5.41, 5.74) is -0.725. The van der Waals surface area contributed by atoms with Crippen molar-refractivity contribution in [2.45, 2.75) is 27.3 Å². The number of aromatic nitrogens is 1. The fraction of sp³-hybridized carbons (Fsp3) is 0.310. The molecule has 14 heteroatoms. The standard InChI is InChI=1S/C29H29FN4O9/c1-4-32-15-20(29(40)41)26(38)19-12-21(30)23(13-22(19)32)33-8-10-34(11-9-33)25(37)14-31-28(39)18-6-5-7-24(42-16(2)35)27(18)43-17(3)36/h5-7,12-13,15H,4,8-11,14H2,1-3H3,(H,31,39)(H,40,41). The van der Waals surface area contributed by atoms with Gasteiger partial charge in [-0.05, 0) is 31.2 Å². The Kier molecular flexibility index (Phi) is 9.07. The fourth-order valence-electron chi connectivity index (χ4n) is 4.79. The van der Waals surface area contributed by atoms with Crippen LogP contribution in [0.5, 0.6) is 11.5 Å². The number of carbonyl (C=O) groups is 5. The molecule has 0 unspecified atom stereocenters. The summed E-state index contributed by atoms with van der Waals surface area (Å²) in [7, 11) is 0. The molecule has 1 fully saturated rings. The molecule has 0 bridgehead atoms. The second-order valence-electron chi connectivity index (χ2n) is 9.65. The number of aryl methyl sites for hydroxylation is 1. The van der Waals surface area contributed by atoms with Crippen molar-refractivity contribution >= 4 is 46.3 Å². The third kappa shape index (κ3) is 6.63. The number of halogens is 1. The number of fused-ring (bicyclic) bond motifs is 1. The number of hydrogen-bond acceptors (Lipinski definition) is 9. The van der Waals surface area contributed by atoms with Gasteiger partial charge in [-0.1, -0.05) is 6.07 Å². The lowest BCUT2D eigenvalue weighted by atomic mass is 10.1. The highest BCUT2D eigenvalue weighted by atomic mass is 19.1. The topological polar surface area (TPSA) is 165 Å². The second kappa shape index (κ2) is 12.7. The van der Waals surface area contributed by atoms with Crippen molar-refractivity contribution in [3.05, 3.63) is 63.7 Å². The Morgan fingerprint density at radius 1 is 0.977 bits per heavy atom. The number of hydrogen-bond donors (Lipinski definition) is 2. The van der Waals surface area contributed by atoms with Crippen LogP contribution in [0.2, 0.25) is 0 Å². The zero-order valence-electron chi connectivity index (χ0n) is 23.6. The number of carboxylic acids is 1. The van der Waals surface area contributed by atoms with E-state index in [4.69, 9.17) is 9.47 Å². The normalized spacial score (nSPS) is 13.0. The quantitative estimate of drug-likeness (QED) is 0.289. The Morgan fingerprint density at radius 3 is 2.26 bits per heavy atom. The van der Waals surface area contributed by atoms with Crippen LogP contribution in [0.25, 0.3) is 10.9 Å². The maximum atomic E-state index is 15.2. The van der Waals surface area contributed by atoms with Gasteiger partial charge >= 0.3 is 17.9 Å². The summed E-state index contributed by atoms with van der Waals surface area (Å²) in [6.07, 6.45) is 1.24. The van der Waals surface area contributed by atoms with Gasteiger partial charge in [-0.15, -0.1) is 0 Å². The summed E-state index contributed by atoms with van der Waals surface area (Å²) in [6.45, 7) is 4.96. The van der Waals surface area contributed by atoms with Crippen molar-refractivity contribution < 1.29 is 42.9 Å². The number of ether oxygens (including phenoxy) is 2. The van der Waals surface area contributed by atoms with Crippen LogP contribution >= 0.6 is 0 Å². The molecule has 0 aliphatic carbocycles. The first-order valence-electron chi connectivity index (χ1n) is 13.3. The van der Waals surface area contributed by atoms with E-state index in [0.717, 1.165) is 19.9 Å². The van der Waals surface area contributed by atoms with Crippen LogP contribution in [0.4, 0.5) is 10.1 Å². The molecule has 2 amide bonds. The molecule has 1 aromatic heterocycles. The van der Waals surface area contributed by atoms with Crippen molar-refractivity contribution in [3.8, 4) is 11.5 Å². The number of para-hydroxylation sites is 1. The lowest BCUT2D eigenvalue weighted by Gasteiger charge is -2.36. The van der Waals surface area contributed by atoms with Crippen LogP contribution in [0.1, 0.15) is 41.5 Å². The SMILES string of the molecule is CCn1cc(C(=O)O)c(=O)c2cc(F)c(N3CCN(C(=O)CNC(=O)c4cccc(OC(C)=O)c4OC(C)=O)CC3)cc21. The third-order valence-electron chi connectivity index (χ3n) is 6.82. The average molecular weight is 597 g/mol. The number of rotatable bonds is 8. The van der Waals surface area contributed by atoms with Crippen LogP contribution in [-0.2, 0) is 20.9 Å². The highest BCUT2D eigenvalue weighted by molar-refractivity contribution is 6.00.